The minimum atomic E-state index is -0.764. The van der Waals surface area contributed by atoms with Gasteiger partial charge in [0, 0.05) is 42.7 Å². The van der Waals surface area contributed by atoms with Crippen molar-refractivity contribution in [3.05, 3.63) is 40.1 Å². The first-order valence-corrected chi connectivity index (χ1v) is 11.1. The molecule has 4 N–H and O–H groups in total. The van der Waals surface area contributed by atoms with Gasteiger partial charge in [0.1, 0.15) is 24.6 Å². The van der Waals surface area contributed by atoms with E-state index in [9.17, 15) is 20.0 Å². The van der Waals surface area contributed by atoms with Gasteiger partial charge in [-0.05, 0) is 43.9 Å². The maximum absolute atomic E-state index is 12.2. The van der Waals surface area contributed by atoms with E-state index in [0.717, 1.165) is 41.6 Å². The van der Waals surface area contributed by atoms with Crippen molar-refractivity contribution >= 4 is 16.8 Å². The highest BCUT2D eigenvalue weighted by Gasteiger charge is 2.29. The molecule has 1 unspecified atom stereocenters. The zero-order valence-corrected chi connectivity index (χ0v) is 18.3. The molecule has 32 heavy (non-hydrogen) atoms. The van der Waals surface area contributed by atoms with Crippen molar-refractivity contribution in [2.45, 2.75) is 51.2 Å². The molecule has 1 aromatic carbocycles. The van der Waals surface area contributed by atoms with E-state index in [1.54, 1.807) is 0 Å². The first-order chi connectivity index (χ1) is 15.4. The molecule has 2 aromatic rings. The fourth-order valence-electron chi connectivity index (χ4n) is 4.16. The number of carbonyl (C=O) groups excluding carboxylic acids is 1. The summed E-state index contributed by atoms with van der Waals surface area (Å²) in [4.78, 5) is 30.8. The van der Waals surface area contributed by atoms with Crippen molar-refractivity contribution in [2.24, 2.45) is 5.92 Å². The van der Waals surface area contributed by atoms with Crippen molar-refractivity contribution in [3.63, 3.8) is 0 Å². The van der Waals surface area contributed by atoms with Gasteiger partial charge in [-0.15, -0.1) is 10.1 Å². The van der Waals surface area contributed by atoms with Crippen LogP contribution in [0.25, 0.3) is 10.9 Å². The number of H-pyrrole nitrogens is 1. The number of carbonyl (C=O) groups is 1. The van der Waals surface area contributed by atoms with Gasteiger partial charge in [0.2, 0.25) is 5.91 Å². The third-order valence-corrected chi connectivity index (χ3v) is 5.70. The maximum Gasteiger partial charge on any atom is 0.294 e. The SMILES string of the molecule is Cc1cc2c(OCC(O)CNCCNC(=O)C[C@@H]3CCCC[C@H]3O[N+](=O)[O-])cccc2[nH]1. The molecule has 10 nitrogen and oxygen atoms in total. The largest absolute Gasteiger partial charge is 0.490 e. The molecule has 1 saturated carbocycles. The van der Waals surface area contributed by atoms with E-state index in [2.05, 4.69) is 15.6 Å². The zero-order valence-electron chi connectivity index (χ0n) is 18.3. The summed E-state index contributed by atoms with van der Waals surface area (Å²) in [7, 11) is 0. The quantitative estimate of drug-likeness (QED) is 0.221. The summed E-state index contributed by atoms with van der Waals surface area (Å²) >= 11 is 0. The standard InChI is InChI=1S/C22H32N4O6/c1-15-11-18-19(25-15)6-4-8-21(18)31-14-17(27)13-23-9-10-24-22(28)12-16-5-2-3-7-20(16)32-26(29)30/h4,6,8,11,16-17,20,23,25,27H,2-3,5,7,9-10,12-14H2,1H3,(H,24,28)/t16-,17?,20+/m0/s1. The molecule has 0 radical (unpaired) electrons. The number of rotatable bonds is 12. The summed E-state index contributed by atoms with van der Waals surface area (Å²) in [6, 6.07) is 7.76. The van der Waals surface area contributed by atoms with Crippen LogP contribution < -0.4 is 15.4 Å². The molecule has 1 fully saturated rings. The monoisotopic (exact) mass is 448 g/mol. The number of aliphatic hydroxyl groups excluding tert-OH is 1. The van der Waals surface area contributed by atoms with E-state index < -0.39 is 17.3 Å². The van der Waals surface area contributed by atoms with Crippen LogP contribution in [0.3, 0.4) is 0 Å². The Kier molecular flexibility index (Phi) is 8.69. The predicted octanol–water partition coefficient (Wildman–Crippen LogP) is 2.08. The van der Waals surface area contributed by atoms with E-state index >= 15 is 0 Å². The molecule has 0 spiro atoms. The molecule has 0 saturated heterocycles. The van der Waals surface area contributed by atoms with Crippen molar-refractivity contribution in [1.82, 2.24) is 15.6 Å². The molecule has 3 rings (SSSR count). The van der Waals surface area contributed by atoms with Gasteiger partial charge < -0.3 is 30.3 Å². The molecular weight excluding hydrogens is 416 g/mol. The summed E-state index contributed by atoms with van der Waals surface area (Å²) < 4.78 is 5.77. The molecule has 1 aromatic heterocycles. The fraction of sp³-hybridized carbons (Fsp3) is 0.591. The number of hydrogen-bond donors (Lipinski definition) is 4. The molecule has 1 amide bonds. The van der Waals surface area contributed by atoms with Crippen LogP contribution in [0.4, 0.5) is 0 Å². The molecule has 0 bridgehead atoms. The smallest absolute Gasteiger partial charge is 0.294 e. The Morgan fingerprint density at radius 1 is 1.34 bits per heavy atom. The lowest BCUT2D eigenvalue weighted by Gasteiger charge is -2.29. The second-order valence-corrected chi connectivity index (χ2v) is 8.30. The van der Waals surface area contributed by atoms with E-state index in [4.69, 9.17) is 9.57 Å². The molecule has 10 heteroatoms. The van der Waals surface area contributed by atoms with Gasteiger partial charge in [0.15, 0.2) is 0 Å². The summed E-state index contributed by atoms with van der Waals surface area (Å²) in [5, 5.41) is 26.9. The van der Waals surface area contributed by atoms with Crippen molar-refractivity contribution in [1.29, 1.82) is 0 Å². The lowest BCUT2D eigenvalue weighted by Crippen LogP contribution is -2.39. The van der Waals surface area contributed by atoms with Crippen molar-refractivity contribution < 1.29 is 24.6 Å². The third-order valence-electron chi connectivity index (χ3n) is 5.70. The first-order valence-electron chi connectivity index (χ1n) is 11.1. The van der Waals surface area contributed by atoms with Gasteiger partial charge >= 0.3 is 0 Å². The Labute approximate surface area is 186 Å². The number of nitrogens with zero attached hydrogens (tertiary/aromatic N) is 1. The van der Waals surface area contributed by atoms with Gasteiger partial charge in [-0.25, -0.2) is 0 Å². The lowest BCUT2D eigenvalue weighted by molar-refractivity contribution is -0.771. The number of fused-ring (bicyclic) bond motifs is 1. The Morgan fingerprint density at radius 3 is 2.97 bits per heavy atom. The fourth-order valence-corrected chi connectivity index (χ4v) is 4.16. The highest BCUT2D eigenvalue weighted by molar-refractivity contribution is 5.86. The van der Waals surface area contributed by atoms with Crippen molar-refractivity contribution in [3.8, 4) is 5.75 Å². The molecule has 0 aliphatic heterocycles. The van der Waals surface area contributed by atoms with Crippen LogP contribution in [0, 0.1) is 23.0 Å². The summed E-state index contributed by atoms with van der Waals surface area (Å²) in [6.07, 6.45) is 2.23. The Morgan fingerprint density at radius 2 is 2.16 bits per heavy atom. The number of amides is 1. The number of aliphatic hydroxyl groups is 1. The maximum atomic E-state index is 12.2. The van der Waals surface area contributed by atoms with Gasteiger partial charge in [-0.2, -0.15) is 0 Å². The normalized spacial score (nSPS) is 19.4. The highest BCUT2D eigenvalue weighted by atomic mass is 17.0. The lowest BCUT2D eigenvalue weighted by atomic mass is 9.84. The summed E-state index contributed by atoms with van der Waals surface area (Å²) in [5.74, 6) is 0.448. The topological polar surface area (TPSA) is 139 Å². The van der Waals surface area contributed by atoms with Crippen molar-refractivity contribution in [2.75, 3.05) is 26.2 Å². The number of aromatic amines is 1. The molecular formula is C22H32N4O6. The Balaban J connectivity index is 1.30. The van der Waals surface area contributed by atoms with Crippen LogP contribution in [-0.4, -0.2) is 59.5 Å². The Bertz CT molecular complexity index is 902. The highest BCUT2D eigenvalue weighted by Crippen LogP contribution is 2.29. The van der Waals surface area contributed by atoms with Crippen LogP contribution >= 0.6 is 0 Å². The summed E-state index contributed by atoms with van der Waals surface area (Å²) in [6.45, 7) is 3.37. The van der Waals surface area contributed by atoms with Crippen LogP contribution in [-0.2, 0) is 9.63 Å². The number of hydrogen-bond acceptors (Lipinski definition) is 7. The van der Waals surface area contributed by atoms with E-state index in [0.29, 0.717) is 26.1 Å². The minimum Gasteiger partial charge on any atom is -0.490 e. The number of aryl methyl sites for hydroxylation is 1. The van der Waals surface area contributed by atoms with Crippen LogP contribution in [0.2, 0.25) is 0 Å². The number of ether oxygens (including phenoxy) is 1. The van der Waals surface area contributed by atoms with Crippen LogP contribution in [0.1, 0.15) is 37.8 Å². The molecule has 1 aliphatic rings. The average Bonchev–Trinajstić information content (AvgIpc) is 3.13. The van der Waals surface area contributed by atoms with Crippen LogP contribution in [0.15, 0.2) is 24.3 Å². The van der Waals surface area contributed by atoms with E-state index in [-0.39, 0.29) is 24.9 Å². The second-order valence-electron chi connectivity index (χ2n) is 8.30. The average molecular weight is 449 g/mol. The van der Waals surface area contributed by atoms with E-state index in [1.807, 2.05) is 31.2 Å². The number of aromatic nitrogens is 1. The van der Waals surface area contributed by atoms with Gasteiger partial charge in [-0.1, -0.05) is 18.9 Å². The molecule has 3 atom stereocenters. The van der Waals surface area contributed by atoms with Gasteiger partial charge in [0.05, 0.1) is 0 Å². The Hall–Kier alpha value is -2.85. The zero-order chi connectivity index (χ0) is 22.9. The first kappa shape index (κ1) is 23.8. The second kappa shape index (κ2) is 11.7. The predicted molar refractivity (Wildman–Crippen MR) is 119 cm³/mol. The van der Waals surface area contributed by atoms with Gasteiger partial charge in [0.25, 0.3) is 5.09 Å². The van der Waals surface area contributed by atoms with E-state index in [1.165, 1.54) is 0 Å². The minimum absolute atomic E-state index is 0.130. The molecule has 1 heterocycles. The summed E-state index contributed by atoms with van der Waals surface area (Å²) in [5.41, 5.74) is 2.04. The third kappa shape index (κ3) is 7.10. The van der Waals surface area contributed by atoms with Crippen LogP contribution in [0.5, 0.6) is 5.75 Å². The molecule has 1 aliphatic carbocycles. The molecule has 176 valence electrons. The van der Waals surface area contributed by atoms with Gasteiger partial charge in [-0.3, -0.25) is 4.79 Å². The number of nitrogens with one attached hydrogen (secondary N) is 3. The number of benzene rings is 1.